The third-order valence-corrected chi connectivity index (χ3v) is 3.45. The fourth-order valence-electron chi connectivity index (χ4n) is 3.04. The number of fused-ring (bicyclic) bond motifs is 2. The van der Waals surface area contributed by atoms with Crippen molar-refractivity contribution in [3.63, 3.8) is 0 Å². The van der Waals surface area contributed by atoms with E-state index >= 15 is 0 Å². The molecule has 2 radical (unpaired) electrons. The molecular formula is C9H16BNO. The lowest BCUT2D eigenvalue weighted by Gasteiger charge is -2.32. The smallest absolute Gasteiger partial charge is 0.111 e. The highest BCUT2D eigenvalue weighted by Gasteiger charge is 2.56. The number of hydrogen-bond donors (Lipinski definition) is 0. The zero-order valence-corrected chi connectivity index (χ0v) is 8.08. The van der Waals surface area contributed by atoms with Gasteiger partial charge in [0.1, 0.15) is 7.85 Å². The van der Waals surface area contributed by atoms with Crippen LogP contribution >= 0.6 is 0 Å². The molecule has 4 atom stereocenters. The van der Waals surface area contributed by atoms with Crippen LogP contribution in [0.2, 0.25) is 0 Å². The van der Waals surface area contributed by atoms with Crippen molar-refractivity contribution in [1.82, 2.24) is 4.90 Å². The molecule has 0 aromatic carbocycles. The molecule has 0 saturated carbocycles. The van der Waals surface area contributed by atoms with E-state index in [2.05, 4.69) is 25.8 Å². The second-order valence-electron chi connectivity index (χ2n) is 4.32. The van der Waals surface area contributed by atoms with Gasteiger partial charge in [-0.1, -0.05) is 6.92 Å². The summed E-state index contributed by atoms with van der Waals surface area (Å²) in [6.07, 6.45) is 1.17. The van der Waals surface area contributed by atoms with Gasteiger partial charge in [-0.15, -0.1) is 0 Å². The average Bonchev–Trinajstić information content (AvgIpc) is 2.32. The van der Waals surface area contributed by atoms with Gasteiger partial charge in [0.05, 0.1) is 5.60 Å². The van der Waals surface area contributed by atoms with E-state index in [4.69, 9.17) is 12.6 Å². The van der Waals surface area contributed by atoms with E-state index in [9.17, 15) is 0 Å². The van der Waals surface area contributed by atoms with Crippen molar-refractivity contribution in [2.75, 3.05) is 13.6 Å². The molecule has 2 heterocycles. The largest absolute Gasteiger partial charge is 0.379 e. The maximum absolute atomic E-state index is 5.90. The summed E-state index contributed by atoms with van der Waals surface area (Å²) in [4.78, 5) is 2.34. The summed E-state index contributed by atoms with van der Waals surface area (Å²) >= 11 is 0. The van der Waals surface area contributed by atoms with Crippen LogP contribution in [0.3, 0.4) is 0 Å². The predicted octanol–water partition coefficient (Wildman–Crippen LogP) is 0.610. The first-order valence-corrected chi connectivity index (χ1v) is 4.72. The zero-order chi connectivity index (χ0) is 8.93. The lowest BCUT2D eigenvalue weighted by Crippen LogP contribution is -2.44. The van der Waals surface area contributed by atoms with E-state index in [0.29, 0.717) is 12.0 Å². The second-order valence-corrected chi connectivity index (χ2v) is 4.32. The molecule has 0 aromatic heterocycles. The van der Waals surface area contributed by atoms with Crippen LogP contribution in [0, 0.1) is 5.92 Å². The minimum atomic E-state index is -0.0706. The number of nitrogens with zero attached hydrogens (tertiary/aromatic N) is 1. The van der Waals surface area contributed by atoms with Crippen LogP contribution in [-0.4, -0.2) is 44.0 Å². The van der Waals surface area contributed by atoms with Crippen LogP contribution in [0.5, 0.6) is 0 Å². The predicted molar refractivity (Wildman–Crippen MR) is 49.2 cm³/mol. The monoisotopic (exact) mass is 165 g/mol. The van der Waals surface area contributed by atoms with Crippen LogP contribution in [-0.2, 0) is 4.74 Å². The minimum absolute atomic E-state index is 0.0214. The molecule has 3 heteroatoms. The third kappa shape index (κ3) is 0.897. The lowest BCUT2D eigenvalue weighted by atomic mass is 9.83. The van der Waals surface area contributed by atoms with Crippen molar-refractivity contribution >= 4 is 7.85 Å². The molecule has 0 aromatic rings. The number of morpholine rings is 1. The Bertz CT molecular complexity index is 185. The molecule has 0 N–H and O–H groups in total. The maximum atomic E-state index is 5.90. The summed E-state index contributed by atoms with van der Waals surface area (Å²) in [6, 6.07) is 0.374. The van der Waals surface area contributed by atoms with E-state index in [1.165, 1.54) is 6.42 Å². The molecule has 66 valence electrons. The van der Waals surface area contributed by atoms with Gasteiger partial charge in [0.25, 0.3) is 0 Å². The van der Waals surface area contributed by atoms with Crippen molar-refractivity contribution in [2.45, 2.75) is 37.9 Å². The number of rotatable bonds is 1. The fourth-order valence-corrected chi connectivity index (χ4v) is 3.04. The number of hydrogen-bond acceptors (Lipinski definition) is 2. The van der Waals surface area contributed by atoms with Crippen LogP contribution < -0.4 is 0 Å². The molecule has 2 fully saturated rings. The Morgan fingerprint density at radius 2 is 2.33 bits per heavy atom. The molecular weight excluding hydrogens is 149 g/mol. The highest BCUT2D eigenvalue weighted by Crippen LogP contribution is 2.45. The second kappa shape index (κ2) is 2.49. The zero-order valence-electron chi connectivity index (χ0n) is 8.08. The summed E-state index contributed by atoms with van der Waals surface area (Å²) in [5.41, 5.74) is 0.0214. The van der Waals surface area contributed by atoms with Gasteiger partial charge >= 0.3 is 0 Å². The number of likely N-dealkylation sites (N-methyl/N-ethyl adjacent to an activating group) is 1. The highest BCUT2D eigenvalue weighted by molar-refractivity contribution is 6.11. The molecule has 0 aliphatic carbocycles. The van der Waals surface area contributed by atoms with Crippen molar-refractivity contribution in [3.8, 4) is 0 Å². The summed E-state index contributed by atoms with van der Waals surface area (Å²) < 4.78 is 5.76. The van der Waals surface area contributed by atoms with Gasteiger partial charge in [-0.2, -0.15) is 0 Å². The Hall–Kier alpha value is -0.0151. The van der Waals surface area contributed by atoms with Crippen molar-refractivity contribution < 1.29 is 4.74 Å². The Labute approximate surface area is 75.7 Å². The molecule has 0 amide bonds. The van der Waals surface area contributed by atoms with Gasteiger partial charge in [0.15, 0.2) is 0 Å². The number of likely N-dealkylation sites (tertiary alicyclic amines) is 1. The molecule has 2 aliphatic rings. The van der Waals surface area contributed by atoms with Gasteiger partial charge in [0, 0.05) is 24.5 Å². The Morgan fingerprint density at radius 1 is 1.67 bits per heavy atom. The molecule has 0 spiro atoms. The molecule has 12 heavy (non-hydrogen) atoms. The van der Waals surface area contributed by atoms with Crippen LogP contribution in [0.25, 0.3) is 0 Å². The Kier molecular flexibility index (Phi) is 1.78. The SMILES string of the molecule is [B][C@@H]1O[C@@]2(C)CN(C)C1[C@H]2CC. The molecule has 2 aliphatic heterocycles. The summed E-state index contributed by atoms with van der Waals surface area (Å²) in [7, 11) is 8.04. The van der Waals surface area contributed by atoms with Crippen LogP contribution in [0.1, 0.15) is 20.3 Å². The van der Waals surface area contributed by atoms with Crippen molar-refractivity contribution in [3.05, 3.63) is 0 Å². The third-order valence-electron chi connectivity index (χ3n) is 3.45. The van der Waals surface area contributed by atoms with Crippen LogP contribution in [0.4, 0.5) is 0 Å². The first kappa shape index (κ1) is 8.58. The number of ether oxygens (including phenoxy) is 1. The van der Waals surface area contributed by atoms with E-state index < -0.39 is 0 Å². The Balaban J connectivity index is 2.27. The molecule has 2 rings (SSSR count). The topological polar surface area (TPSA) is 12.5 Å². The summed E-state index contributed by atoms with van der Waals surface area (Å²) in [5, 5.41) is 0. The van der Waals surface area contributed by atoms with Crippen molar-refractivity contribution in [2.24, 2.45) is 5.92 Å². The van der Waals surface area contributed by atoms with E-state index in [0.717, 1.165) is 6.54 Å². The van der Waals surface area contributed by atoms with Gasteiger partial charge in [0.2, 0.25) is 0 Å². The standard InChI is InChI=1S/C9H16BNO/c1-4-6-7-8(10)12-9(6,2)5-11(7)3/h6-8H,4-5H2,1-3H3/t6-,7?,8-,9+/m1/s1. The van der Waals surface area contributed by atoms with Gasteiger partial charge < -0.3 is 4.74 Å². The van der Waals surface area contributed by atoms with E-state index in [-0.39, 0.29) is 11.6 Å². The molecule has 2 saturated heterocycles. The molecule has 2 bridgehead atoms. The minimum Gasteiger partial charge on any atom is -0.379 e. The lowest BCUT2D eigenvalue weighted by molar-refractivity contribution is -0.0527. The molecule has 1 unspecified atom stereocenters. The first-order chi connectivity index (χ1) is 5.58. The summed E-state index contributed by atoms with van der Waals surface area (Å²) in [6.45, 7) is 5.44. The van der Waals surface area contributed by atoms with E-state index in [1.807, 2.05) is 0 Å². The van der Waals surface area contributed by atoms with Crippen LogP contribution in [0.15, 0.2) is 0 Å². The highest BCUT2D eigenvalue weighted by atomic mass is 16.5. The molecule has 2 nitrogen and oxygen atoms in total. The first-order valence-electron chi connectivity index (χ1n) is 4.72. The fraction of sp³-hybridized carbons (Fsp3) is 1.00. The summed E-state index contributed by atoms with van der Waals surface area (Å²) in [5.74, 6) is 0.623. The average molecular weight is 165 g/mol. The quantitative estimate of drug-likeness (QED) is 0.528. The van der Waals surface area contributed by atoms with Gasteiger partial charge in [-0.3, -0.25) is 4.90 Å². The Morgan fingerprint density at radius 3 is 2.67 bits per heavy atom. The van der Waals surface area contributed by atoms with Crippen molar-refractivity contribution in [1.29, 1.82) is 0 Å². The van der Waals surface area contributed by atoms with Gasteiger partial charge in [-0.05, 0) is 20.4 Å². The van der Waals surface area contributed by atoms with Gasteiger partial charge in [-0.25, -0.2) is 0 Å². The normalized spacial score (nSPS) is 53.4. The maximum Gasteiger partial charge on any atom is 0.111 e. The van der Waals surface area contributed by atoms with E-state index in [1.54, 1.807) is 0 Å².